The molecule has 0 spiro atoms. The molecular weight excluding hydrogens is 540 g/mol. The lowest BCUT2D eigenvalue weighted by Crippen LogP contribution is -2.28. The van der Waals surface area contributed by atoms with Gasteiger partial charge in [0.2, 0.25) is 0 Å². The molecule has 4 rings (SSSR count). The minimum atomic E-state index is -4.86. The maximum Gasteiger partial charge on any atom is 0.433 e. The molecule has 38 heavy (non-hydrogen) atoms. The number of nitrogens with zero attached hydrogens (tertiary/aromatic N) is 5. The molecule has 0 aliphatic carbocycles. The van der Waals surface area contributed by atoms with Gasteiger partial charge in [-0.15, -0.1) is 0 Å². The van der Waals surface area contributed by atoms with Crippen molar-refractivity contribution >= 4 is 20.9 Å². The molecule has 0 aromatic carbocycles. The van der Waals surface area contributed by atoms with E-state index in [1.807, 2.05) is 0 Å². The normalized spacial score (nSPS) is 12.9. The molecule has 0 fully saturated rings. The smallest absolute Gasteiger partial charge is 0.321 e. The zero-order valence-electron chi connectivity index (χ0n) is 20.0. The average Bonchev–Trinajstić information content (AvgIpc) is 3.19. The minimum absolute atomic E-state index is 0.0327. The Bertz CT molecular complexity index is 1710. The van der Waals surface area contributed by atoms with Gasteiger partial charge in [-0.05, 0) is 37.3 Å². The predicted octanol–water partition coefficient (Wildman–Crippen LogP) is 4.71. The highest BCUT2D eigenvalue weighted by atomic mass is 32.2. The molecule has 202 valence electrons. The molecular formula is C23H19F6N5O3S. The lowest BCUT2D eigenvalue weighted by atomic mass is 10.1. The van der Waals surface area contributed by atoms with Gasteiger partial charge in [-0.2, -0.15) is 26.3 Å². The molecule has 0 N–H and O–H groups in total. The van der Waals surface area contributed by atoms with Gasteiger partial charge < -0.3 is 9.13 Å². The van der Waals surface area contributed by atoms with Gasteiger partial charge in [0, 0.05) is 25.4 Å². The first-order chi connectivity index (χ1) is 17.6. The van der Waals surface area contributed by atoms with E-state index < -0.39 is 39.1 Å². The van der Waals surface area contributed by atoms with Crippen LogP contribution in [0.25, 0.3) is 33.8 Å². The third-order valence-electron chi connectivity index (χ3n) is 5.88. The van der Waals surface area contributed by atoms with Crippen molar-refractivity contribution in [2.75, 3.05) is 5.75 Å². The Balaban J connectivity index is 2.01. The Morgan fingerprint density at radius 3 is 2.16 bits per heavy atom. The quantitative estimate of drug-likeness (QED) is 0.329. The molecule has 0 saturated heterocycles. The molecule has 4 heterocycles. The van der Waals surface area contributed by atoms with Gasteiger partial charge in [0.15, 0.2) is 15.7 Å². The first-order valence-corrected chi connectivity index (χ1v) is 12.7. The fraction of sp³-hybridized carbons (Fsp3) is 0.304. The van der Waals surface area contributed by atoms with Crippen LogP contribution in [-0.4, -0.2) is 38.3 Å². The van der Waals surface area contributed by atoms with Crippen LogP contribution in [0, 0.1) is 0 Å². The second-order valence-electron chi connectivity index (χ2n) is 8.18. The molecule has 0 bridgehead atoms. The molecule has 0 saturated carbocycles. The van der Waals surface area contributed by atoms with Gasteiger partial charge in [-0.1, -0.05) is 6.92 Å². The molecule has 4 aromatic rings. The summed E-state index contributed by atoms with van der Waals surface area (Å²) in [5, 5.41) is 0. The second kappa shape index (κ2) is 9.22. The van der Waals surface area contributed by atoms with E-state index in [0.29, 0.717) is 10.6 Å². The summed E-state index contributed by atoms with van der Waals surface area (Å²) in [4.78, 5) is 24.5. The van der Waals surface area contributed by atoms with E-state index >= 15 is 0 Å². The lowest BCUT2D eigenvalue weighted by molar-refractivity contribution is -0.144. The van der Waals surface area contributed by atoms with Crippen molar-refractivity contribution in [3.63, 3.8) is 0 Å². The molecule has 8 nitrogen and oxygen atoms in total. The summed E-state index contributed by atoms with van der Waals surface area (Å²) in [6, 6.07) is 4.97. The Morgan fingerprint density at radius 1 is 0.947 bits per heavy atom. The van der Waals surface area contributed by atoms with Gasteiger partial charge in [-0.25, -0.2) is 18.4 Å². The largest absolute Gasteiger partial charge is 0.433 e. The Hall–Kier alpha value is -3.75. The van der Waals surface area contributed by atoms with Gasteiger partial charge in [0.25, 0.3) is 5.56 Å². The van der Waals surface area contributed by atoms with Crippen LogP contribution < -0.4 is 5.56 Å². The third-order valence-corrected chi connectivity index (χ3v) is 7.64. The summed E-state index contributed by atoms with van der Waals surface area (Å²) >= 11 is 0. The number of fused-ring (bicyclic) bond motifs is 1. The van der Waals surface area contributed by atoms with Crippen molar-refractivity contribution in [1.82, 2.24) is 24.1 Å². The molecule has 0 radical (unpaired) electrons. The van der Waals surface area contributed by atoms with Crippen LogP contribution in [0.2, 0.25) is 0 Å². The molecule has 0 atom stereocenters. The highest BCUT2D eigenvalue weighted by Gasteiger charge is 2.36. The summed E-state index contributed by atoms with van der Waals surface area (Å²) in [6.07, 6.45) is -8.62. The predicted molar refractivity (Wildman–Crippen MR) is 125 cm³/mol. The lowest BCUT2D eigenvalue weighted by Gasteiger charge is -2.14. The number of rotatable bonds is 5. The van der Waals surface area contributed by atoms with E-state index in [-0.39, 0.29) is 51.0 Å². The Morgan fingerprint density at radius 2 is 1.63 bits per heavy atom. The fourth-order valence-electron chi connectivity index (χ4n) is 3.97. The van der Waals surface area contributed by atoms with Gasteiger partial charge in [0.05, 0.1) is 21.9 Å². The zero-order valence-corrected chi connectivity index (χ0v) is 20.8. The first-order valence-electron chi connectivity index (χ1n) is 11.0. The summed E-state index contributed by atoms with van der Waals surface area (Å²) < 4.78 is 107. The standard InChI is InChI=1S/C23H19F6N5O3S/c1-4-34-17(23(27,28)29)10-14-19(21(34)35)33(3)20(32-14)18-15(38(36,37)5-2)8-7-13(31-18)12-6-9-16(30-11-12)22(24,25)26/h6-11H,4-5H2,1-3H3. The van der Waals surface area contributed by atoms with Crippen molar-refractivity contribution < 1.29 is 34.8 Å². The van der Waals surface area contributed by atoms with Crippen molar-refractivity contribution in [2.24, 2.45) is 7.05 Å². The van der Waals surface area contributed by atoms with Crippen LogP contribution in [0.4, 0.5) is 26.3 Å². The van der Waals surface area contributed by atoms with Crippen molar-refractivity contribution in [3.8, 4) is 22.8 Å². The number of alkyl halides is 6. The number of hydrogen-bond acceptors (Lipinski definition) is 6. The van der Waals surface area contributed by atoms with Gasteiger partial charge >= 0.3 is 12.4 Å². The summed E-state index contributed by atoms with van der Waals surface area (Å²) in [5.41, 5.74) is -4.02. The number of aromatic nitrogens is 5. The van der Waals surface area contributed by atoms with E-state index in [0.717, 1.165) is 22.9 Å². The molecule has 0 unspecified atom stereocenters. The van der Waals surface area contributed by atoms with Gasteiger partial charge in [0.1, 0.15) is 22.6 Å². The molecule has 0 amide bonds. The van der Waals surface area contributed by atoms with E-state index in [1.54, 1.807) is 0 Å². The average molecular weight is 559 g/mol. The number of aryl methyl sites for hydroxylation is 1. The van der Waals surface area contributed by atoms with Crippen LogP contribution in [0.3, 0.4) is 0 Å². The number of sulfone groups is 1. The number of pyridine rings is 3. The van der Waals surface area contributed by atoms with Crippen molar-refractivity contribution in [2.45, 2.75) is 37.6 Å². The van der Waals surface area contributed by atoms with E-state index in [4.69, 9.17) is 0 Å². The van der Waals surface area contributed by atoms with Crippen LogP contribution in [0.15, 0.2) is 46.2 Å². The SMILES string of the molecule is CCn1c(C(F)(F)F)cc2nc(-c3nc(-c4ccc(C(F)(F)F)nc4)ccc3S(=O)(=O)CC)n(C)c2c1=O. The van der Waals surface area contributed by atoms with Crippen molar-refractivity contribution in [1.29, 1.82) is 0 Å². The second-order valence-corrected chi connectivity index (χ2v) is 10.4. The highest BCUT2D eigenvalue weighted by Crippen LogP contribution is 2.34. The third kappa shape index (κ3) is 4.66. The summed E-state index contributed by atoms with van der Waals surface area (Å²) in [5.74, 6) is -0.568. The number of imidazole rings is 1. The Labute approximate surface area is 211 Å². The van der Waals surface area contributed by atoms with Crippen LogP contribution in [-0.2, 0) is 35.8 Å². The van der Waals surface area contributed by atoms with Crippen molar-refractivity contribution in [3.05, 3.63) is 58.3 Å². The molecule has 0 aliphatic rings. The van der Waals surface area contributed by atoms with Gasteiger partial charge in [-0.3, -0.25) is 9.78 Å². The summed E-state index contributed by atoms with van der Waals surface area (Å²) in [7, 11) is -2.63. The zero-order chi connectivity index (χ0) is 28.2. The molecule has 0 aliphatic heterocycles. The van der Waals surface area contributed by atoms with E-state index in [2.05, 4.69) is 15.0 Å². The number of hydrogen-bond donors (Lipinski definition) is 0. The molecule has 4 aromatic heterocycles. The van der Waals surface area contributed by atoms with E-state index in [9.17, 15) is 39.6 Å². The molecule has 15 heteroatoms. The highest BCUT2D eigenvalue weighted by molar-refractivity contribution is 7.91. The minimum Gasteiger partial charge on any atom is -0.321 e. The fourth-order valence-corrected chi connectivity index (χ4v) is 4.98. The first kappa shape index (κ1) is 27.3. The Kier molecular flexibility index (Phi) is 6.62. The number of halogens is 6. The van der Waals surface area contributed by atoms with Crippen LogP contribution in [0.1, 0.15) is 25.2 Å². The summed E-state index contributed by atoms with van der Waals surface area (Å²) in [6.45, 7) is 2.46. The monoisotopic (exact) mass is 559 g/mol. The van der Waals surface area contributed by atoms with Crippen LogP contribution >= 0.6 is 0 Å². The van der Waals surface area contributed by atoms with Crippen LogP contribution in [0.5, 0.6) is 0 Å². The van der Waals surface area contributed by atoms with E-state index in [1.165, 1.54) is 33.0 Å². The topological polar surface area (TPSA) is 99.7 Å². The maximum absolute atomic E-state index is 13.6. The maximum atomic E-state index is 13.6.